The van der Waals surface area contributed by atoms with Crippen molar-refractivity contribution in [2.45, 2.75) is 51.4 Å². The smallest absolute Gasteiger partial charge is 0.410 e. The maximum absolute atomic E-state index is 13.1. The van der Waals surface area contributed by atoms with E-state index in [1.54, 1.807) is 20.8 Å². The van der Waals surface area contributed by atoms with Crippen LogP contribution >= 0.6 is 0 Å². The van der Waals surface area contributed by atoms with E-state index in [1.807, 2.05) is 0 Å². The van der Waals surface area contributed by atoms with Gasteiger partial charge in [0, 0.05) is 26.2 Å². The van der Waals surface area contributed by atoms with Crippen LogP contribution in [-0.2, 0) is 4.74 Å². The third-order valence-corrected chi connectivity index (χ3v) is 3.44. The number of alkyl halides is 3. The summed E-state index contributed by atoms with van der Waals surface area (Å²) in [4.78, 5) is 14.9. The van der Waals surface area contributed by atoms with Crippen molar-refractivity contribution in [3.05, 3.63) is 0 Å². The fourth-order valence-corrected chi connectivity index (χ4v) is 2.47. The Bertz CT molecular complexity index is 369. The van der Waals surface area contributed by atoms with Crippen LogP contribution in [-0.4, -0.2) is 66.4 Å². The van der Waals surface area contributed by atoms with Gasteiger partial charge in [-0.05, 0) is 40.2 Å². The van der Waals surface area contributed by atoms with E-state index in [1.165, 1.54) is 9.80 Å². The first-order chi connectivity index (χ1) is 10.0. The molecule has 0 radical (unpaired) electrons. The number of hydrogen-bond donors (Lipinski definition) is 1. The van der Waals surface area contributed by atoms with Crippen LogP contribution in [0.2, 0.25) is 0 Å². The summed E-state index contributed by atoms with van der Waals surface area (Å²) < 4.78 is 44.6. The molecule has 5 nitrogen and oxygen atoms in total. The Morgan fingerprint density at radius 3 is 2.32 bits per heavy atom. The minimum atomic E-state index is -4.31. The van der Waals surface area contributed by atoms with Crippen molar-refractivity contribution in [3.8, 4) is 0 Å². The Morgan fingerprint density at radius 2 is 1.82 bits per heavy atom. The number of hydrogen-bond acceptors (Lipinski definition) is 4. The maximum atomic E-state index is 13.1. The number of amides is 1. The fraction of sp³-hybridized carbons (Fsp3) is 0.929. The molecule has 0 aromatic rings. The Kier molecular flexibility index (Phi) is 6.49. The third kappa shape index (κ3) is 6.00. The van der Waals surface area contributed by atoms with Gasteiger partial charge in [-0.15, -0.1) is 0 Å². The summed E-state index contributed by atoms with van der Waals surface area (Å²) in [6.45, 7) is 6.36. The quantitative estimate of drug-likeness (QED) is 0.864. The number of nitrogens with zero attached hydrogens (tertiary/aromatic N) is 2. The van der Waals surface area contributed by atoms with Gasteiger partial charge in [0.15, 0.2) is 0 Å². The zero-order valence-corrected chi connectivity index (χ0v) is 13.4. The third-order valence-electron chi connectivity index (χ3n) is 3.44. The van der Waals surface area contributed by atoms with E-state index in [4.69, 9.17) is 10.5 Å². The van der Waals surface area contributed by atoms with Crippen molar-refractivity contribution in [2.75, 3.05) is 32.7 Å². The summed E-state index contributed by atoms with van der Waals surface area (Å²) in [5.74, 6) is 0. The summed E-state index contributed by atoms with van der Waals surface area (Å²) in [5.41, 5.74) is 4.69. The zero-order chi connectivity index (χ0) is 17.0. The van der Waals surface area contributed by atoms with Crippen LogP contribution in [0.15, 0.2) is 0 Å². The van der Waals surface area contributed by atoms with Crippen molar-refractivity contribution >= 4 is 6.09 Å². The van der Waals surface area contributed by atoms with Crippen LogP contribution in [0.3, 0.4) is 0 Å². The second-order valence-electron chi connectivity index (χ2n) is 6.49. The van der Waals surface area contributed by atoms with E-state index in [0.717, 1.165) is 0 Å². The first-order valence-electron chi connectivity index (χ1n) is 7.53. The summed E-state index contributed by atoms with van der Waals surface area (Å²) in [6, 6.07) is -1.55. The molecular weight excluding hydrogens is 299 g/mol. The lowest BCUT2D eigenvalue weighted by atomic mass is 10.1. The highest BCUT2D eigenvalue weighted by Gasteiger charge is 2.43. The van der Waals surface area contributed by atoms with Crippen molar-refractivity contribution in [1.82, 2.24) is 9.80 Å². The monoisotopic (exact) mass is 325 g/mol. The van der Waals surface area contributed by atoms with E-state index in [0.29, 0.717) is 19.5 Å². The van der Waals surface area contributed by atoms with Crippen molar-refractivity contribution in [1.29, 1.82) is 0 Å². The van der Waals surface area contributed by atoms with E-state index in [2.05, 4.69) is 0 Å². The number of nitrogens with two attached hydrogens (primary N) is 1. The molecule has 1 amide bonds. The van der Waals surface area contributed by atoms with Crippen LogP contribution < -0.4 is 5.73 Å². The molecule has 1 rings (SSSR count). The lowest BCUT2D eigenvalue weighted by molar-refractivity contribution is -0.184. The predicted octanol–water partition coefficient (Wildman–Crippen LogP) is 2.21. The standard InChI is InChI=1S/C14H26F3N3O2/c1-13(2,3)22-12(21)20-8-4-7-19(9-10-20)11(5-6-18)14(15,16)17/h11H,4-10,18H2,1-3H3. The number of halogens is 3. The van der Waals surface area contributed by atoms with Gasteiger partial charge in [0.25, 0.3) is 0 Å². The summed E-state index contributed by atoms with van der Waals surface area (Å²) in [5, 5.41) is 0. The van der Waals surface area contributed by atoms with Gasteiger partial charge in [-0.2, -0.15) is 13.2 Å². The lowest BCUT2D eigenvalue weighted by Crippen LogP contribution is -2.48. The molecule has 22 heavy (non-hydrogen) atoms. The SMILES string of the molecule is CC(C)(C)OC(=O)N1CCCN(C(CCN)C(F)(F)F)CC1. The summed E-state index contributed by atoms with van der Waals surface area (Å²) >= 11 is 0. The normalized spacial score (nSPS) is 19.7. The highest BCUT2D eigenvalue weighted by Crippen LogP contribution is 2.28. The predicted molar refractivity (Wildman–Crippen MR) is 77.5 cm³/mol. The van der Waals surface area contributed by atoms with Crippen molar-refractivity contribution < 1.29 is 22.7 Å². The summed E-state index contributed by atoms with van der Waals surface area (Å²) in [6.07, 6.45) is -4.43. The molecule has 1 aliphatic heterocycles. The molecule has 1 fully saturated rings. The minimum absolute atomic E-state index is 0.0174. The van der Waals surface area contributed by atoms with Crippen LogP contribution in [0.25, 0.3) is 0 Å². The average Bonchev–Trinajstić information content (AvgIpc) is 2.58. The van der Waals surface area contributed by atoms with Gasteiger partial charge in [0.05, 0.1) is 0 Å². The fourth-order valence-electron chi connectivity index (χ4n) is 2.47. The van der Waals surface area contributed by atoms with Crippen LogP contribution in [0, 0.1) is 0 Å². The molecule has 0 aliphatic carbocycles. The topological polar surface area (TPSA) is 58.8 Å². The number of carbonyl (C=O) groups is 1. The van der Waals surface area contributed by atoms with E-state index < -0.39 is 23.9 Å². The van der Waals surface area contributed by atoms with Gasteiger partial charge < -0.3 is 15.4 Å². The number of ether oxygens (including phenoxy) is 1. The Labute approximate surface area is 129 Å². The second kappa shape index (κ2) is 7.50. The Morgan fingerprint density at radius 1 is 1.18 bits per heavy atom. The molecule has 0 spiro atoms. The first-order valence-corrected chi connectivity index (χ1v) is 7.53. The Balaban J connectivity index is 2.66. The molecule has 0 aromatic carbocycles. The van der Waals surface area contributed by atoms with Crippen molar-refractivity contribution in [3.63, 3.8) is 0 Å². The molecule has 1 aliphatic rings. The van der Waals surface area contributed by atoms with Gasteiger partial charge >= 0.3 is 12.3 Å². The highest BCUT2D eigenvalue weighted by molar-refractivity contribution is 5.68. The maximum Gasteiger partial charge on any atom is 0.410 e. The number of carbonyl (C=O) groups excluding carboxylic acids is 1. The molecule has 1 saturated heterocycles. The van der Waals surface area contributed by atoms with Gasteiger partial charge in [-0.3, -0.25) is 4.90 Å². The van der Waals surface area contributed by atoms with Crippen LogP contribution in [0.4, 0.5) is 18.0 Å². The molecule has 0 aromatic heterocycles. The second-order valence-corrected chi connectivity index (χ2v) is 6.49. The summed E-state index contributed by atoms with van der Waals surface area (Å²) in [7, 11) is 0. The molecule has 1 heterocycles. The largest absolute Gasteiger partial charge is 0.444 e. The highest BCUT2D eigenvalue weighted by atomic mass is 19.4. The lowest BCUT2D eigenvalue weighted by Gasteiger charge is -2.32. The van der Waals surface area contributed by atoms with Gasteiger partial charge in [0.2, 0.25) is 0 Å². The first kappa shape index (κ1) is 19.0. The van der Waals surface area contributed by atoms with Crippen molar-refractivity contribution in [2.24, 2.45) is 5.73 Å². The molecular formula is C14H26F3N3O2. The van der Waals surface area contributed by atoms with E-state index in [9.17, 15) is 18.0 Å². The van der Waals surface area contributed by atoms with Crippen LogP contribution in [0.5, 0.6) is 0 Å². The molecule has 130 valence electrons. The molecule has 8 heteroatoms. The van der Waals surface area contributed by atoms with E-state index >= 15 is 0 Å². The molecule has 0 saturated carbocycles. The van der Waals surface area contributed by atoms with Gasteiger partial charge in [-0.25, -0.2) is 4.79 Å². The zero-order valence-electron chi connectivity index (χ0n) is 13.4. The molecule has 1 unspecified atom stereocenters. The molecule has 1 atom stereocenters. The van der Waals surface area contributed by atoms with E-state index in [-0.39, 0.29) is 26.1 Å². The van der Waals surface area contributed by atoms with Gasteiger partial charge in [-0.1, -0.05) is 0 Å². The van der Waals surface area contributed by atoms with Crippen LogP contribution in [0.1, 0.15) is 33.6 Å². The Hall–Kier alpha value is -1.02. The number of rotatable bonds is 3. The molecule has 2 N–H and O–H groups in total. The minimum Gasteiger partial charge on any atom is -0.444 e. The average molecular weight is 325 g/mol. The molecule has 0 bridgehead atoms. The van der Waals surface area contributed by atoms with Gasteiger partial charge in [0.1, 0.15) is 11.6 Å².